The minimum absolute atomic E-state index is 0.0897. The van der Waals surface area contributed by atoms with Crippen molar-refractivity contribution in [1.29, 1.82) is 0 Å². The van der Waals surface area contributed by atoms with Crippen LogP contribution in [0.1, 0.15) is 17.2 Å². The molecule has 0 radical (unpaired) electrons. The molecule has 1 unspecified atom stereocenters. The van der Waals surface area contributed by atoms with E-state index in [-0.39, 0.29) is 6.04 Å². The van der Waals surface area contributed by atoms with E-state index in [1.54, 1.807) is 0 Å². The minimum Gasteiger partial charge on any atom is -0.329 e. The molecule has 0 heterocycles. The number of hydrogen-bond donors (Lipinski definition) is 1. The summed E-state index contributed by atoms with van der Waals surface area (Å²) in [5.74, 6) is 0. The number of halogens is 3. The molecule has 0 aliphatic heterocycles. The highest BCUT2D eigenvalue weighted by atomic mass is 79.9. The molecule has 2 N–H and O–H groups in total. The van der Waals surface area contributed by atoms with E-state index in [0.29, 0.717) is 11.6 Å². The number of rotatable bonds is 5. The van der Waals surface area contributed by atoms with E-state index >= 15 is 0 Å². The number of nitrogens with zero attached hydrogens (tertiary/aromatic N) is 1. The average molecular weight is 388 g/mol. The zero-order chi connectivity index (χ0) is 15.4. The molecule has 0 fully saturated rings. The lowest BCUT2D eigenvalue weighted by Gasteiger charge is -2.28. The smallest absolute Gasteiger partial charge is 0.0551 e. The van der Waals surface area contributed by atoms with Gasteiger partial charge in [-0.25, -0.2) is 0 Å². The summed E-state index contributed by atoms with van der Waals surface area (Å²) in [6.07, 6.45) is 0. The highest BCUT2D eigenvalue weighted by molar-refractivity contribution is 9.10. The van der Waals surface area contributed by atoms with Crippen molar-refractivity contribution < 1.29 is 0 Å². The molecule has 2 aromatic carbocycles. The maximum absolute atomic E-state index is 6.22. The maximum atomic E-state index is 6.22. The molecule has 0 aromatic heterocycles. The van der Waals surface area contributed by atoms with Gasteiger partial charge < -0.3 is 5.73 Å². The first-order valence-corrected chi connectivity index (χ1v) is 8.16. The van der Waals surface area contributed by atoms with Gasteiger partial charge >= 0.3 is 0 Å². The number of likely N-dealkylation sites (N-methyl/N-ethyl adjacent to an activating group) is 1. The van der Waals surface area contributed by atoms with Gasteiger partial charge in [0.1, 0.15) is 0 Å². The normalized spacial score (nSPS) is 12.7. The van der Waals surface area contributed by atoms with E-state index in [0.717, 1.165) is 27.2 Å². The maximum Gasteiger partial charge on any atom is 0.0551 e. The van der Waals surface area contributed by atoms with Gasteiger partial charge in [-0.2, -0.15) is 0 Å². The third-order valence-electron chi connectivity index (χ3n) is 3.46. The monoisotopic (exact) mass is 386 g/mol. The fourth-order valence-electron chi connectivity index (χ4n) is 2.30. The summed E-state index contributed by atoms with van der Waals surface area (Å²) in [6.45, 7) is 1.24. The number of nitrogens with two attached hydrogens (primary N) is 1. The molecular formula is C16H17BrCl2N2. The molecule has 5 heteroatoms. The van der Waals surface area contributed by atoms with Crippen LogP contribution >= 0.6 is 39.1 Å². The van der Waals surface area contributed by atoms with Crippen LogP contribution in [0.2, 0.25) is 10.0 Å². The van der Waals surface area contributed by atoms with E-state index in [9.17, 15) is 0 Å². The van der Waals surface area contributed by atoms with Crippen LogP contribution < -0.4 is 5.73 Å². The van der Waals surface area contributed by atoms with Crippen LogP contribution in [0.5, 0.6) is 0 Å². The van der Waals surface area contributed by atoms with Crippen molar-refractivity contribution in [3.05, 3.63) is 68.1 Å². The zero-order valence-electron chi connectivity index (χ0n) is 11.7. The van der Waals surface area contributed by atoms with Gasteiger partial charge in [-0.15, -0.1) is 0 Å². The molecule has 1 atom stereocenters. The van der Waals surface area contributed by atoms with Crippen molar-refractivity contribution in [3.8, 4) is 0 Å². The van der Waals surface area contributed by atoms with E-state index in [1.165, 1.54) is 0 Å². The lowest BCUT2D eigenvalue weighted by molar-refractivity contribution is 0.242. The molecule has 2 rings (SSSR count). The molecule has 0 saturated carbocycles. The Kier molecular flexibility index (Phi) is 6.08. The number of hydrogen-bond acceptors (Lipinski definition) is 2. The van der Waals surface area contributed by atoms with Gasteiger partial charge in [-0.3, -0.25) is 4.90 Å². The molecule has 2 nitrogen and oxygen atoms in total. The Balaban J connectivity index is 2.20. The van der Waals surface area contributed by atoms with Crippen LogP contribution in [0.3, 0.4) is 0 Å². The first-order valence-electron chi connectivity index (χ1n) is 6.61. The molecule has 0 saturated heterocycles. The Morgan fingerprint density at radius 2 is 1.86 bits per heavy atom. The van der Waals surface area contributed by atoms with E-state index < -0.39 is 0 Å². The van der Waals surface area contributed by atoms with Crippen molar-refractivity contribution >= 4 is 39.1 Å². The standard InChI is InChI=1S/C16H17BrCl2N2/c1-21(10-12-4-2-3-5-14(12)18)16(9-20)11-6-7-13(17)15(19)8-11/h2-8,16H,9-10,20H2,1H3. The van der Waals surface area contributed by atoms with Gasteiger partial charge in [0.15, 0.2) is 0 Å². The van der Waals surface area contributed by atoms with Crippen LogP contribution in [-0.2, 0) is 6.54 Å². The Morgan fingerprint density at radius 3 is 2.48 bits per heavy atom. The Hall–Kier alpha value is -0.580. The first-order chi connectivity index (χ1) is 10.0. The van der Waals surface area contributed by atoms with Crippen molar-refractivity contribution in [1.82, 2.24) is 4.90 Å². The van der Waals surface area contributed by atoms with Crippen LogP contribution in [0, 0.1) is 0 Å². The molecule has 0 spiro atoms. The van der Waals surface area contributed by atoms with Crippen molar-refractivity contribution in [2.75, 3.05) is 13.6 Å². The van der Waals surface area contributed by atoms with Gasteiger partial charge in [0.05, 0.1) is 5.02 Å². The second kappa shape index (κ2) is 7.61. The Bertz CT molecular complexity index is 619. The Labute approximate surface area is 144 Å². The largest absolute Gasteiger partial charge is 0.329 e. The van der Waals surface area contributed by atoms with Gasteiger partial charge in [0.2, 0.25) is 0 Å². The fourth-order valence-corrected chi connectivity index (χ4v) is 2.93. The van der Waals surface area contributed by atoms with Gasteiger partial charge in [0, 0.05) is 28.6 Å². The van der Waals surface area contributed by atoms with Crippen molar-refractivity contribution in [2.45, 2.75) is 12.6 Å². The zero-order valence-corrected chi connectivity index (χ0v) is 14.8. The molecule has 0 bridgehead atoms. The van der Waals surface area contributed by atoms with Gasteiger partial charge in [-0.05, 0) is 52.3 Å². The second-order valence-corrected chi connectivity index (χ2v) is 6.60. The topological polar surface area (TPSA) is 29.3 Å². The molecule has 2 aromatic rings. The van der Waals surface area contributed by atoms with Crippen LogP contribution in [0.15, 0.2) is 46.9 Å². The molecule has 0 aliphatic carbocycles. The fraction of sp³-hybridized carbons (Fsp3) is 0.250. The van der Waals surface area contributed by atoms with Gasteiger partial charge in [-0.1, -0.05) is 47.5 Å². The third kappa shape index (κ3) is 4.21. The summed E-state index contributed by atoms with van der Waals surface area (Å²) in [6, 6.07) is 13.9. The molecule has 21 heavy (non-hydrogen) atoms. The lowest BCUT2D eigenvalue weighted by Crippen LogP contribution is -2.30. The van der Waals surface area contributed by atoms with E-state index in [1.807, 2.05) is 49.5 Å². The Morgan fingerprint density at radius 1 is 1.14 bits per heavy atom. The summed E-state index contributed by atoms with van der Waals surface area (Å²) in [4.78, 5) is 2.18. The van der Waals surface area contributed by atoms with Crippen LogP contribution in [-0.4, -0.2) is 18.5 Å². The van der Waals surface area contributed by atoms with E-state index in [4.69, 9.17) is 28.9 Å². The molecule has 0 amide bonds. The first kappa shape index (κ1) is 16.8. The van der Waals surface area contributed by atoms with Crippen molar-refractivity contribution in [2.24, 2.45) is 5.73 Å². The van der Waals surface area contributed by atoms with Gasteiger partial charge in [0.25, 0.3) is 0 Å². The summed E-state index contributed by atoms with van der Waals surface area (Å²) >= 11 is 15.8. The van der Waals surface area contributed by atoms with Crippen LogP contribution in [0.25, 0.3) is 0 Å². The molecular weight excluding hydrogens is 371 g/mol. The predicted molar refractivity (Wildman–Crippen MR) is 93.9 cm³/mol. The minimum atomic E-state index is 0.0897. The predicted octanol–water partition coefficient (Wildman–Crippen LogP) is 4.89. The highest BCUT2D eigenvalue weighted by Crippen LogP contribution is 2.29. The summed E-state index contributed by atoms with van der Waals surface area (Å²) in [5, 5.41) is 1.46. The summed E-state index contributed by atoms with van der Waals surface area (Å²) < 4.78 is 0.887. The second-order valence-electron chi connectivity index (χ2n) is 4.93. The number of benzene rings is 2. The molecule has 112 valence electrons. The van der Waals surface area contributed by atoms with Crippen molar-refractivity contribution in [3.63, 3.8) is 0 Å². The third-order valence-corrected chi connectivity index (χ3v) is 5.06. The summed E-state index contributed by atoms with van der Waals surface area (Å²) in [5.41, 5.74) is 8.14. The van der Waals surface area contributed by atoms with Crippen LogP contribution in [0.4, 0.5) is 0 Å². The highest BCUT2D eigenvalue weighted by Gasteiger charge is 2.17. The SMILES string of the molecule is CN(Cc1ccccc1Cl)C(CN)c1ccc(Br)c(Cl)c1. The molecule has 0 aliphatic rings. The average Bonchev–Trinajstić information content (AvgIpc) is 2.46. The summed E-state index contributed by atoms with van der Waals surface area (Å²) in [7, 11) is 2.04. The van der Waals surface area contributed by atoms with E-state index in [2.05, 4.69) is 20.8 Å². The lowest BCUT2D eigenvalue weighted by atomic mass is 10.0. The quantitative estimate of drug-likeness (QED) is 0.791.